The molecule has 0 amide bonds. The Bertz CT molecular complexity index is 849. The van der Waals surface area contributed by atoms with Gasteiger partial charge in [-0.2, -0.15) is 0 Å². The fourth-order valence-electron chi connectivity index (χ4n) is 3.11. The Hall–Kier alpha value is -1.44. The Morgan fingerprint density at radius 3 is 2.11 bits per heavy atom. The van der Waals surface area contributed by atoms with Crippen molar-refractivity contribution >= 4 is 37.7 Å². The highest BCUT2D eigenvalue weighted by molar-refractivity contribution is 9.10. The quantitative estimate of drug-likeness (QED) is 0.398. The summed E-state index contributed by atoms with van der Waals surface area (Å²) in [4.78, 5) is 0. The maximum Gasteiger partial charge on any atom is 0.0701 e. The molecule has 0 spiro atoms. The van der Waals surface area contributed by atoms with Gasteiger partial charge in [-0.1, -0.05) is 34.1 Å². The molecule has 2 aromatic carbocycles. The first-order valence-corrected chi connectivity index (χ1v) is 9.99. The molecule has 0 aliphatic rings. The third-order valence-electron chi connectivity index (χ3n) is 4.37. The minimum atomic E-state index is 0.577. The second kappa shape index (κ2) is 10.8. The van der Waals surface area contributed by atoms with Gasteiger partial charge in [0.1, 0.15) is 0 Å². The molecule has 146 valence electrons. The van der Waals surface area contributed by atoms with Gasteiger partial charge in [0, 0.05) is 39.9 Å². The molecule has 0 unspecified atom stereocenters. The molecule has 1 aromatic heterocycles. The Balaban J connectivity index is 1.45. The molecule has 0 atom stereocenters. The van der Waals surface area contributed by atoms with Crippen LogP contribution in [0, 0.1) is 0 Å². The number of aromatic nitrogens is 1. The van der Waals surface area contributed by atoms with Crippen molar-refractivity contribution in [2.24, 2.45) is 0 Å². The number of ether oxygens (including phenoxy) is 4. The van der Waals surface area contributed by atoms with Crippen molar-refractivity contribution in [2.45, 2.75) is 6.54 Å². The van der Waals surface area contributed by atoms with Crippen molar-refractivity contribution in [1.82, 2.24) is 4.57 Å². The van der Waals surface area contributed by atoms with Crippen LogP contribution in [0.4, 0.5) is 0 Å². The molecule has 0 saturated carbocycles. The first-order valence-electron chi connectivity index (χ1n) is 9.20. The summed E-state index contributed by atoms with van der Waals surface area (Å²) in [7, 11) is 1.66. The highest BCUT2D eigenvalue weighted by atomic mass is 79.9. The van der Waals surface area contributed by atoms with Gasteiger partial charge in [0.05, 0.1) is 46.2 Å². The summed E-state index contributed by atoms with van der Waals surface area (Å²) < 4.78 is 24.9. The zero-order valence-electron chi connectivity index (χ0n) is 15.7. The van der Waals surface area contributed by atoms with Crippen molar-refractivity contribution < 1.29 is 18.9 Å². The fourth-order valence-corrected chi connectivity index (χ4v) is 3.47. The van der Waals surface area contributed by atoms with E-state index in [9.17, 15) is 0 Å². The number of hydrogen-bond donors (Lipinski definition) is 0. The molecular weight excluding hydrogens is 410 g/mol. The third kappa shape index (κ3) is 5.53. The van der Waals surface area contributed by atoms with Crippen LogP contribution in [0.5, 0.6) is 0 Å². The molecule has 5 nitrogen and oxygen atoms in total. The number of halogens is 1. The Morgan fingerprint density at radius 1 is 0.741 bits per heavy atom. The lowest BCUT2D eigenvalue weighted by Crippen LogP contribution is -2.13. The van der Waals surface area contributed by atoms with Crippen LogP contribution in [0.2, 0.25) is 0 Å². The standard InChI is InChI=1S/C21H26BrNO4/c1-24-10-11-26-14-15-27-13-12-25-9-8-23-20-5-3-2-4-18(20)19-16-17(22)6-7-21(19)23/h2-7,16H,8-15H2,1H3. The fraction of sp³-hybridized carbons (Fsp3) is 0.429. The Kier molecular flexibility index (Phi) is 8.10. The van der Waals surface area contributed by atoms with Crippen LogP contribution in [0.3, 0.4) is 0 Å². The molecule has 0 aliphatic heterocycles. The van der Waals surface area contributed by atoms with Crippen LogP contribution in [-0.4, -0.2) is 57.9 Å². The van der Waals surface area contributed by atoms with Crippen molar-refractivity contribution in [3.63, 3.8) is 0 Å². The lowest BCUT2D eigenvalue weighted by molar-refractivity contribution is 0.00292. The largest absolute Gasteiger partial charge is 0.382 e. The topological polar surface area (TPSA) is 41.9 Å². The van der Waals surface area contributed by atoms with Gasteiger partial charge in [-0.3, -0.25) is 0 Å². The number of hydrogen-bond acceptors (Lipinski definition) is 4. The summed E-state index contributed by atoms with van der Waals surface area (Å²) in [5, 5.41) is 2.53. The van der Waals surface area contributed by atoms with Gasteiger partial charge in [0.25, 0.3) is 0 Å². The van der Waals surface area contributed by atoms with Gasteiger partial charge in [-0.25, -0.2) is 0 Å². The number of methoxy groups -OCH3 is 1. The number of rotatable bonds is 12. The lowest BCUT2D eigenvalue weighted by atomic mass is 10.2. The van der Waals surface area contributed by atoms with E-state index in [1.807, 2.05) is 0 Å². The van der Waals surface area contributed by atoms with E-state index in [2.05, 4.69) is 63.0 Å². The van der Waals surface area contributed by atoms with Crippen molar-refractivity contribution in [1.29, 1.82) is 0 Å². The van der Waals surface area contributed by atoms with Gasteiger partial charge in [0.15, 0.2) is 0 Å². The van der Waals surface area contributed by atoms with Gasteiger partial charge in [-0.05, 0) is 24.3 Å². The van der Waals surface area contributed by atoms with Crippen LogP contribution in [0.1, 0.15) is 0 Å². The van der Waals surface area contributed by atoms with E-state index in [1.165, 1.54) is 21.8 Å². The minimum absolute atomic E-state index is 0.577. The summed E-state index contributed by atoms with van der Waals surface area (Å²) in [6.07, 6.45) is 0. The second-order valence-electron chi connectivity index (χ2n) is 6.16. The summed E-state index contributed by atoms with van der Waals surface area (Å²) in [5.74, 6) is 0. The molecule has 6 heteroatoms. The van der Waals surface area contributed by atoms with Crippen LogP contribution in [-0.2, 0) is 25.5 Å². The maximum atomic E-state index is 5.76. The van der Waals surface area contributed by atoms with Crippen LogP contribution in [0.25, 0.3) is 21.8 Å². The number of benzene rings is 2. The number of fused-ring (bicyclic) bond motifs is 3. The van der Waals surface area contributed by atoms with E-state index in [1.54, 1.807) is 7.11 Å². The second-order valence-corrected chi connectivity index (χ2v) is 7.08. The molecule has 3 aromatic rings. The first kappa shape index (κ1) is 20.3. The smallest absolute Gasteiger partial charge is 0.0701 e. The Morgan fingerprint density at radius 2 is 1.37 bits per heavy atom. The molecule has 0 N–H and O–H groups in total. The Labute approximate surface area is 168 Å². The maximum absolute atomic E-state index is 5.76. The van der Waals surface area contributed by atoms with Crippen LogP contribution in [0.15, 0.2) is 46.9 Å². The first-order chi connectivity index (χ1) is 13.3. The summed E-state index contributed by atoms with van der Waals surface area (Å²) >= 11 is 3.58. The SMILES string of the molecule is COCCOCCOCCOCCn1c2ccccc2c2cc(Br)ccc21. The van der Waals surface area contributed by atoms with E-state index in [0.717, 1.165) is 11.0 Å². The third-order valence-corrected chi connectivity index (χ3v) is 4.86. The van der Waals surface area contributed by atoms with Gasteiger partial charge in [0.2, 0.25) is 0 Å². The van der Waals surface area contributed by atoms with E-state index in [0.29, 0.717) is 46.2 Å². The normalized spacial score (nSPS) is 11.6. The predicted molar refractivity (Wildman–Crippen MR) is 111 cm³/mol. The highest BCUT2D eigenvalue weighted by Crippen LogP contribution is 2.30. The monoisotopic (exact) mass is 435 g/mol. The molecule has 0 saturated heterocycles. The summed E-state index contributed by atoms with van der Waals surface area (Å²) in [6.45, 7) is 5.00. The van der Waals surface area contributed by atoms with E-state index in [-0.39, 0.29) is 0 Å². The molecule has 1 heterocycles. The highest BCUT2D eigenvalue weighted by Gasteiger charge is 2.10. The molecule has 0 aliphatic carbocycles. The minimum Gasteiger partial charge on any atom is -0.382 e. The van der Waals surface area contributed by atoms with Crippen LogP contribution < -0.4 is 0 Å². The zero-order chi connectivity index (χ0) is 18.9. The average Bonchev–Trinajstić information content (AvgIpc) is 2.99. The number of para-hydroxylation sites is 1. The van der Waals surface area contributed by atoms with Gasteiger partial charge in [-0.15, -0.1) is 0 Å². The lowest BCUT2D eigenvalue weighted by Gasteiger charge is -2.09. The molecule has 27 heavy (non-hydrogen) atoms. The van der Waals surface area contributed by atoms with E-state index < -0.39 is 0 Å². The van der Waals surface area contributed by atoms with Gasteiger partial charge >= 0.3 is 0 Å². The van der Waals surface area contributed by atoms with E-state index >= 15 is 0 Å². The van der Waals surface area contributed by atoms with Crippen molar-refractivity contribution in [3.05, 3.63) is 46.9 Å². The summed E-state index contributed by atoms with van der Waals surface area (Å²) in [5.41, 5.74) is 2.46. The van der Waals surface area contributed by atoms with Crippen molar-refractivity contribution in [2.75, 3.05) is 53.4 Å². The zero-order valence-corrected chi connectivity index (χ0v) is 17.2. The summed E-state index contributed by atoms with van der Waals surface area (Å²) in [6, 6.07) is 14.9. The molecular formula is C21H26BrNO4. The molecule has 0 bridgehead atoms. The molecule has 3 rings (SSSR count). The van der Waals surface area contributed by atoms with Gasteiger partial charge < -0.3 is 23.5 Å². The molecule has 0 fully saturated rings. The van der Waals surface area contributed by atoms with Crippen molar-refractivity contribution in [3.8, 4) is 0 Å². The van der Waals surface area contributed by atoms with Crippen LogP contribution >= 0.6 is 15.9 Å². The predicted octanol–water partition coefficient (Wildman–Crippen LogP) is 4.25. The van der Waals surface area contributed by atoms with E-state index in [4.69, 9.17) is 18.9 Å². The average molecular weight is 436 g/mol. The molecule has 0 radical (unpaired) electrons. The number of nitrogens with zero attached hydrogens (tertiary/aromatic N) is 1.